The zero-order valence-corrected chi connectivity index (χ0v) is 19.7. The van der Waals surface area contributed by atoms with Crippen molar-refractivity contribution in [3.63, 3.8) is 0 Å². The second-order valence-corrected chi connectivity index (χ2v) is 9.84. The molecule has 1 amide bonds. The molecule has 3 aromatic rings. The first-order valence-electron chi connectivity index (χ1n) is 10.7. The van der Waals surface area contributed by atoms with Crippen LogP contribution in [0.3, 0.4) is 0 Å². The third-order valence-corrected chi connectivity index (χ3v) is 6.08. The molecule has 2 aromatic heterocycles. The predicted molar refractivity (Wildman–Crippen MR) is 126 cm³/mol. The van der Waals surface area contributed by atoms with Gasteiger partial charge in [-0.05, 0) is 37.1 Å². The van der Waals surface area contributed by atoms with E-state index in [0.29, 0.717) is 19.0 Å². The number of pyridine rings is 1. The number of aromatic amines is 1. The first kappa shape index (κ1) is 23.0. The van der Waals surface area contributed by atoms with Crippen LogP contribution in [0.1, 0.15) is 70.2 Å². The van der Waals surface area contributed by atoms with Crippen LogP contribution >= 0.6 is 11.3 Å². The van der Waals surface area contributed by atoms with E-state index in [1.54, 1.807) is 0 Å². The molecule has 31 heavy (non-hydrogen) atoms. The van der Waals surface area contributed by atoms with E-state index in [1.165, 1.54) is 0 Å². The van der Waals surface area contributed by atoms with Crippen LogP contribution in [0.4, 0.5) is 0 Å². The highest BCUT2D eigenvalue weighted by molar-refractivity contribution is 7.16. The summed E-state index contributed by atoms with van der Waals surface area (Å²) in [5, 5.41) is 3.01. The van der Waals surface area contributed by atoms with Crippen molar-refractivity contribution < 1.29 is 9.53 Å². The molecule has 0 bridgehead atoms. The molecule has 0 radical (unpaired) electrons. The summed E-state index contributed by atoms with van der Waals surface area (Å²) in [5.74, 6) is 0.168. The smallest absolute Gasteiger partial charge is 0.305 e. The normalized spacial score (nSPS) is 12.7. The molecule has 0 saturated heterocycles. The Morgan fingerprint density at radius 2 is 2.03 bits per heavy atom. The molecule has 0 spiro atoms. The van der Waals surface area contributed by atoms with Crippen LogP contribution in [0, 0.1) is 0 Å². The van der Waals surface area contributed by atoms with Gasteiger partial charge in [0.1, 0.15) is 0 Å². The fourth-order valence-corrected chi connectivity index (χ4v) is 3.96. The highest BCUT2D eigenvalue weighted by Crippen LogP contribution is 2.26. The lowest BCUT2D eigenvalue weighted by Gasteiger charge is -2.20. The average molecular weight is 442 g/mol. The van der Waals surface area contributed by atoms with E-state index in [9.17, 15) is 9.59 Å². The van der Waals surface area contributed by atoms with E-state index in [0.717, 1.165) is 51.2 Å². The number of carbonyl (C=O) groups excluding carboxylic acids is 1. The maximum atomic E-state index is 12.8. The van der Waals surface area contributed by atoms with Crippen LogP contribution in [0.15, 0.2) is 35.1 Å². The van der Waals surface area contributed by atoms with Gasteiger partial charge in [-0.2, -0.15) is 0 Å². The van der Waals surface area contributed by atoms with Crippen molar-refractivity contribution in [3.8, 4) is 5.88 Å². The summed E-state index contributed by atoms with van der Waals surface area (Å²) in [6.45, 7) is 11.3. The van der Waals surface area contributed by atoms with Gasteiger partial charge in [-0.1, -0.05) is 57.6 Å². The topological polar surface area (TPSA) is 84.1 Å². The van der Waals surface area contributed by atoms with Crippen molar-refractivity contribution in [2.75, 3.05) is 6.61 Å². The molecule has 1 atom stereocenters. The summed E-state index contributed by atoms with van der Waals surface area (Å²) in [5.41, 5.74) is 3.41. The van der Waals surface area contributed by atoms with E-state index < -0.39 is 0 Å². The molecular formula is C24H31N3O3S. The zero-order valence-electron chi connectivity index (χ0n) is 18.9. The van der Waals surface area contributed by atoms with E-state index in [2.05, 4.69) is 38.0 Å². The molecule has 0 aliphatic heterocycles. The summed E-state index contributed by atoms with van der Waals surface area (Å²) in [4.78, 5) is 31.8. The zero-order chi connectivity index (χ0) is 22.6. The van der Waals surface area contributed by atoms with Crippen LogP contribution in [0.5, 0.6) is 5.88 Å². The molecule has 166 valence electrons. The lowest BCUT2D eigenvalue weighted by atomic mass is 9.91. The number of aromatic nitrogens is 2. The van der Waals surface area contributed by atoms with Crippen LogP contribution in [0.2, 0.25) is 0 Å². The Balaban J connectivity index is 1.73. The van der Waals surface area contributed by atoms with Gasteiger partial charge in [0.15, 0.2) is 0 Å². The minimum atomic E-state index is -0.340. The van der Waals surface area contributed by atoms with Crippen LogP contribution < -0.4 is 14.9 Å². The Kier molecular flexibility index (Phi) is 7.15. The third-order valence-electron chi connectivity index (χ3n) is 5.24. The van der Waals surface area contributed by atoms with Gasteiger partial charge >= 0.3 is 4.87 Å². The number of nitrogens with one attached hydrogen (secondary N) is 2. The molecule has 3 rings (SSSR count). The van der Waals surface area contributed by atoms with Crippen molar-refractivity contribution >= 4 is 27.5 Å². The van der Waals surface area contributed by atoms with Gasteiger partial charge in [-0.3, -0.25) is 9.59 Å². The van der Waals surface area contributed by atoms with Crippen molar-refractivity contribution in [1.29, 1.82) is 0 Å². The molecule has 2 heterocycles. The summed E-state index contributed by atoms with van der Waals surface area (Å²) in [6, 6.07) is 9.62. The molecule has 0 fully saturated rings. The first-order valence-corrected chi connectivity index (χ1v) is 11.5. The van der Waals surface area contributed by atoms with Gasteiger partial charge in [0.25, 0.3) is 0 Å². The Bertz CT molecular complexity index is 1110. The number of hydrogen-bond donors (Lipinski definition) is 2. The van der Waals surface area contributed by atoms with Gasteiger partial charge in [0.05, 0.1) is 22.7 Å². The number of ether oxygens (including phenoxy) is 1. The number of thiazole rings is 1. The molecule has 7 heteroatoms. The number of nitrogens with zero attached hydrogens (tertiary/aromatic N) is 1. The second-order valence-electron chi connectivity index (χ2n) is 8.82. The number of carbonyl (C=O) groups is 1. The average Bonchev–Trinajstić information content (AvgIpc) is 3.10. The van der Waals surface area contributed by atoms with Crippen molar-refractivity contribution in [3.05, 3.63) is 56.8 Å². The number of fused-ring (bicyclic) bond motifs is 1. The molecule has 6 nitrogen and oxygen atoms in total. The number of benzene rings is 1. The van der Waals surface area contributed by atoms with Gasteiger partial charge < -0.3 is 15.0 Å². The number of H-pyrrole nitrogens is 1. The van der Waals surface area contributed by atoms with E-state index in [-0.39, 0.29) is 22.1 Å². The number of unbranched alkanes of at least 4 members (excludes halogenated alkanes) is 1. The second kappa shape index (κ2) is 9.64. The summed E-state index contributed by atoms with van der Waals surface area (Å²) >= 11 is 1.15. The van der Waals surface area contributed by atoms with Crippen molar-refractivity contribution in [2.24, 2.45) is 0 Å². The molecular weight excluding hydrogens is 410 g/mol. The number of hydrogen-bond acceptors (Lipinski definition) is 5. The van der Waals surface area contributed by atoms with E-state index >= 15 is 0 Å². The number of amides is 1. The van der Waals surface area contributed by atoms with Crippen LogP contribution in [0.25, 0.3) is 10.2 Å². The highest BCUT2D eigenvalue weighted by Gasteiger charge is 2.20. The molecule has 1 unspecified atom stereocenters. The molecule has 2 N–H and O–H groups in total. The monoisotopic (exact) mass is 441 g/mol. The van der Waals surface area contributed by atoms with Crippen molar-refractivity contribution in [1.82, 2.24) is 15.3 Å². The molecule has 0 aliphatic rings. The highest BCUT2D eigenvalue weighted by atomic mass is 32.1. The Morgan fingerprint density at radius 3 is 2.74 bits per heavy atom. The van der Waals surface area contributed by atoms with Gasteiger partial charge in [-0.15, -0.1) is 0 Å². The van der Waals surface area contributed by atoms with Crippen LogP contribution in [-0.4, -0.2) is 22.5 Å². The van der Waals surface area contributed by atoms with Gasteiger partial charge in [-0.25, -0.2) is 4.98 Å². The number of rotatable bonds is 8. The Morgan fingerprint density at radius 1 is 1.26 bits per heavy atom. The first-order chi connectivity index (χ1) is 14.7. The molecule has 0 aliphatic carbocycles. The van der Waals surface area contributed by atoms with Gasteiger partial charge in [0.2, 0.25) is 11.8 Å². The SMILES string of the molecule is CCCCOc1nc(C(C)(C)C)ccc1CNC(=O)C(C)c1ccc2[nH]c(=O)sc2c1. The predicted octanol–water partition coefficient (Wildman–Crippen LogP) is 4.88. The van der Waals surface area contributed by atoms with Crippen LogP contribution in [-0.2, 0) is 16.8 Å². The lowest BCUT2D eigenvalue weighted by molar-refractivity contribution is -0.122. The summed E-state index contributed by atoms with van der Waals surface area (Å²) in [7, 11) is 0. The Labute approximate surface area is 187 Å². The molecule has 1 aromatic carbocycles. The summed E-state index contributed by atoms with van der Waals surface area (Å²) in [6.07, 6.45) is 2.00. The molecule has 0 saturated carbocycles. The van der Waals surface area contributed by atoms with E-state index in [1.807, 2.05) is 37.3 Å². The fraction of sp³-hybridized carbons (Fsp3) is 0.458. The fourth-order valence-electron chi connectivity index (χ4n) is 3.18. The van der Waals surface area contributed by atoms with E-state index in [4.69, 9.17) is 9.72 Å². The maximum absolute atomic E-state index is 12.8. The maximum Gasteiger partial charge on any atom is 0.305 e. The van der Waals surface area contributed by atoms with Gasteiger partial charge in [0, 0.05) is 23.2 Å². The third kappa shape index (κ3) is 5.73. The largest absolute Gasteiger partial charge is 0.477 e. The quantitative estimate of drug-likeness (QED) is 0.488. The lowest BCUT2D eigenvalue weighted by Crippen LogP contribution is -2.28. The minimum absolute atomic E-state index is 0.0818. The minimum Gasteiger partial charge on any atom is -0.477 e. The standard InChI is InChI=1S/C24H31N3O3S/c1-6-7-12-30-22-17(9-11-20(27-22)24(3,4)5)14-25-21(28)15(2)16-8-10-18-19(13-16)31-23(29)26-18/h8-11,13,15H,6-7,12,14H2,1-5H3,(H,25,28)(H,26,29). The summed E-state index contributed by atoms with van der Waals surface area (Å²) < 4.78 is 6.80. The van der Waals surface area contributed by atoms with Crippen molar-refractivity contribution in [2.45, 2.75) is 65.3 Å². The Hall–Kier alpha value is -2.67.